The van der Waals surface area contributed by atoms with Crippen LogP contribution in [0.2, 0.25) is 0 Å². The predicted molar refractivity (Wildman–Crippen MR) is 108 cm³/mol. The molecule has 2 heterocycles. The lowest BCUT2D eigenvalue weighted by Gasteiger charge is -2.27. The van der Waals surface area contributed by atoms with Crippen molar-refractivity contribution in [1.82, 2.24) is 15.0 Å². The number of hydrogen-bond donors (Lipinski definition) is 1. The highest BCUT2D eigenvalue weighted by atomic mass is 32.1. The minimum absolute atomic E-state index is 0.0172. The molecule has 5 nitrogen and oxygen atoms in total. The molecule has 0 aliphatic carbocycles. The van der Waals surface area contributed by atoms with Crippen LogP contribution in [0.1, 0.15) is 37.8 Å². The van der Waals surface area contributed by atoms with Gasteiger partial charge in [0.25, 0.3) is 0 Å². The highest BCUT2D eigenvalue weighted by Gasteiger charge is 2.35. The van der Waals surface area contributed by atoms with E-state index in [0.717, 1.165) is 11.1 Å². The first-order chi connectivity index (χ1) is 13.5. The molecular weight excluding hydrogens is 401 g/mol. The Morgan fingerprint density at radius 2 is 1.93 bits per heavy atom. The van der Waals surface area contributed by atoms with Crippen molar-refractivity contribution in [3.05, 3.63) is 35.1 Å². The lowest BCUT2D eigenvalue weighted by atomic mass is 9.93. The van der Waals surface area contributed by atoms with E-state index in [-0.39, 0.29) is 12.4 Å². The zero-order valence-electron chi connectivity index (χ0n) is 16.7. The Hall–Kier alpha value is -2.26. The van der Waals surface area contributed by atoms with Crippen LogP contribution in [0.5, 0.6) is 5.75 Å². The molecule has 0 radical (unpaired) electrons. The third-order valence-corrected chi connectivity index (χ3v) is 5.17. The van der Waals surface area contributed by atoms with Gasteiger partial charge >= 0.3 is 6.18 Å². The Labute approximate surface area is 171 Å². The highest BCUT2D eigenvalue weighted by Crippen LogP contribution is 2.40. The van der Waals surface area contributed by atoms with Gasteiger partial charge in [-0.05, 0) is 44.4 Å². The number of hydrogen-bond acceptors (Lipinski definition) is 6. The third kappa shape index (κ3) is 5.02. The summed E-state index contributed by atoms with van der Waals surface area (Å²) in [4.78, 5) is 13.3. The first-order valence-corrected chi connectivity index (χ1v) is 9.99. The van der Waals surface area contributed by atoms with Crippen LogP contribution in [0.15, 0.2) is 24.5 Å². The molecule has 9 heteroatoms. The van der Waals surface area contributed by atoms with Gasteiger partial charge in [-0.1, -0.05) is 25.2 Å². The summed E-state index contributed by atoms with van der Waals surface area (Å²) in [7, 11) is 0. The van der Waals surface area contributed by atoms with E-state index in [2.05, 4.69) is 15.0 Å². The lowest BCUT2D eigenvalue weighted by molar-refractivity contribution is -0.139. The van der Waals surface area contributed by atoms with Crippen molar-refractivity contribution in [3.8, 4) is 17.0 Å². The van der Waals surface area contributed by atoms with Crippen LogP contribution in [0.3, 0.4) is 0 Å². The smallest absolute Gasteiger partial charge is 0.419 e. The summed E-state index contributed by atoms with van der Waals surface area (Å²) in [6.07, 6.45) is -2.62. The molecule has 1 aromatic carbocycles. The number of alkyl halides is 3. The first-order valence-electron chi connectivity index (χ1n) is 9.18. The fourth-order valence-electron chi connectivity index (χ4n) is 3.33. The molecule has 0 amide bonds. The highest BCUT2D eigenvalue weighted by molar-refractivity contribution is 7.18. The summed E-state index contributed by atoms with van der Waals surface area (Å²) in [5.41, 5.74) is 5.74. The number of ether oxygens (including phenoxy) is 1. The zero-order valence-corrected chi connectivity index (χ0v) is 17.5. The molecule has 29 heavy (non-hydrogen) atoms. The molecule has 0 spiro atoms. The second-order valence-corrected chi connectivity index (χ2v) is 9.04. The number of aromatic nitrogens is 3. The van der Waals surface area contributed by atoms with Crippen molar-refractivity contribution in [1.29, 1.82) is 0 Å². The van der Waals surface area contributed by atoms with Crippen LogP contribution in [0.25, 0.3) is 21.6 Å². The van der Waals surface area contributed by atoms with Crippen LogP contribution in [0, 0.1) is 12.8 Å². The summed E-state index contributed by atoms with van der Waals surface area (Å²) in [5.74, 6) is 0.0567. The molecule has 0 aliphatic rings. The third-order valence-electron chi connectivity index (χ3n) is 4.29. The van der Waals surface area contributed by atoms with Crippen LogP contribution < -0.4 is 10.5 Å². The molecule has 1 atom stereocenters. The van der Waals surface area contributed by atoms with Crippen LogP contribution in [-0.2, 0) is 6.18 Å². The van der Waals surface area contributed by atoms with Gasteiger partial charge in [-0.2, -0.15) is 13.2 Å². The van der Waals surface area contributed by atoms with Gasteiger partial charge in [0.2, 0.25) is 0 Å². The second-order valence-electron chi connectivity index (χ2n) is 7.86. The number of nitrogens with zero attached hydrogens (tertiary/aromatic N) is 3. The minimum atomic E-state index is -4.58. The largest absolute Gasteiger partial charge is 0.491 e. The number of benzene rings is 1. The standard InChI is InChI=1S/C20H23F3N4OS/c1-11(2)8-19(4,24)9-28-15-6-5-13(7-14(15)20(21,22)23)16-17-18(26-10-25-16)29-12(3)27-17/h5-7,10-11H,8-9,24H2,1-4H3. The normalized spacial score (nSPS) is 14.4. The number of nitrogens with two attached hydrogens (primary N) is 1. The van der Waals surface area contributed by atoms with E-state index in [0.29, 0.717) is 33.9 Å². The lowest BCUT2D eigenvalue weighted by Crippen LogP contribution is -2.43. The monoisotopic (exact) mass is 424 g/mol. The van der Waals surface area contributed by atoms with Gasteiger partial charge in [-0.3, -0.25) is 0 Å². The summed E-state index contributed by atoms with van der Waals surface area (Å²) in [6, 6.07) is 3.91. The average molecular weight is 424 g/mol. The van der Waals surface area contributed by atoms with E-state index in [4.69, 9.17) is 10.5 Å². The molecule has 0 aliphatic heterocycles. The molecule has 3 rings (SSSR count). The van der Waals surface area contributed by atoms with Gasteiger partial charge in [-0.25, -0.2) is 15.0 Å². The maximum atomic E-state index is 13.7. The number of aryl methyl sites for hydroxylation is 1. The van der Waals surface area contributed by atoms with Crippen molar-refractivity contribution in [2.24, 2.45) is 11.7 Å². The number of fused-ring (bicyclic) bond motifs is 1. The summed E-state index contributed by atoms with van der Waals surface area (Å²) < 4.78 is 46.7. The Balaban J connectivity index is 1.98. The van der Waals surface area contributed by atoms with E-state index >= 15 is 0 Å². The van der Waals surface area contributed by atoms with E-state index in [1.807, 2.05) is 20.8 Å². The van der Waals surface area contributed by atoms with E-state index < -0.39 is 17.3 Å². The van der Waals surface area contributed by atoms with Gasteiger partial charge in [0.15, 0.2) is 0 Å². The molecular formula is C20H23F3N4OS. The SMILES string of the molecule is Cc1nc2c(-c3ccc(OCC(C)(N)CC(C)C)c(C(F)(F)F)c3)ncnc2s1. The Bertz CT molecular complexity index is 1010. The van der Waals surface area contributed by atoms with Crippen molar-refractivity contribution in [3.63, 3.8) is 0 Å². The minimum Gasteiger partial charge on any atom is -0.491 e. The summed E-state index contributed by atoms with van der Waals surface area (Å²) >= 11 is 1.37. The fourth-order valence-corrected chi connectivity index (χ4v) is 4.08. The van der Waals surface area contributed by atoms with Gasteiger partial charge in [-0.15, -0.1) is 0 Å². The quantitative estimate of drug-likeness (QED) is 0.587. The van der Waals surface area contributed by atoms with Gasteiger partial charge in [0, 0.05) is 11.1 Å². The van der Waals surface area contributed by atoms with Gasteiger partial charge < -0.3 is 10.5 Å². The van der Waals surface area contributed by atoms with Gasteiger partial charge in [0.1, 0.15) is 34.7 Å². The number of thiazole rings is 1. The summed E-state index contributed by atoms with van der Waals surface area (Å²) in [6.45, 7) is 7.58. The molecule has 0 bridgehead atoms. The Kier molecular flexibility index (Phi) is 5.82. The first kappa shape index (κ1) is 21.4. The van der Waals surface area contributed by atoms with Crippen LogP contribution >= 0.6 is 11.3 Å². The summed E-state index contributed by atoms with van der Waals surface area (Å²) in [5, 5.41) is 0.769. The topological polar surface area (TPSA) is 73.9 Å². The zero-order chi connectivity index (χ0) is 21.4. The van der Waals surface area contributed by atoms with Gasteiger partial charge in [0.05, 0.1) is 10.6 Å². The van der Waals surface area contributed by atoms with E-state index in [9.17, 15) is 13.2 Å². The van der Waals surface area contributed by atoms with Crippen LogP contribution in [-0.4, -0.2) is 27.1 Å². The maximum absolute atomic E-state index is 13.7. The van der Waals surface area contributed by atoms with E-state index in [1.165, 1.54) is 23.7 Å². The fraction of sp³-hybridized carbons (Fsp3) is 0.450. The van der Waals surface area contributed by atoms with Crippen molar-refractivity contribution < 1.29 is 17.9 Å². The molecule has 1 unspecified atom stereocenters. The molecule has 2 N–H and O–H groups in total. The van der Waals surface area contributed by atoms with Crippen molar-refractivity contribution in [2.45, 2.75) is 45.8 Å². The van der Waals surface area contributed by atoms with Crippen LogP contribution in [0.4, 0.5) is 13.2 Å². The second kappa shape index (κ2) is 7.87. The molecule has 3 aromatic rings. The van der Waals surface area contributed by atoms with Crippen molar-refractivity contribution in [2.75, 3.05) is 6.61 Å². The number of rotatable bonds is 6. The molecule has 2 aromatic heterocycles. The maximum Gasteiger partial charge on any atom is 0.419 e. The Morgan fingerprint density at radius 1 is 1.21 bits per heavy atom. The Morgan fingerprint density at radius 3 is 2.59 bits per heavy atom. The van der Waals surface area contributed by atoms with Crippen molar-refractivity contribution >= 4 is 21.7 Å². The number of halogens is 3. The molecule has 0 fully saturated rings. The average Bonchev–Trinajstić information content (AvgIpc) is 2.98. The molecule has 0 saturated carbocycles. The van der Waals surface area contributed by atoms with E-state index in [1.54, 1.807) is 13.0 Å². The predicted octanol–water partition coefficient (Wildman–Crippen LogP) is 5.22. The molecule has 156 valence electrons. The molecule has 0 saturated heterocycles.